The minimum Gasteiger partial charge on any atom is -0.453 e. The van der Waals surface area contributed by atoms with E-state index in [9.17, 15) is 9.18 Å². The molecule has 3 nitrogen and oxygen atoms in total. The van der Waals surface area contributed by atoms with Crippen LogP contribution in [0, 0.1) is 0 Å². The van der Waals surface area contributed by atoms with Gasteiger partial charge in [-0.2, -0.15) is 0 Å². The molecule has 0 bridgehead atoms. The number of hydrogen-bond acceptors (Lipinski definition) is 2. The van der Waals surface area contributed by atoms with Crippen LogP contribution in [0.5, 0.6) is 0 Å². The Labute approximate surface area is 65.1 Å². The van der Waals surface area contributed by atoms with E-state index in [2.05, 4.69) is 4.74 Å². The number of amides is 1. The number of likely N-dealkylation sites (tertiary alicyclic amines) is 1. The number of ether oxygens (including phenoxy) is 1. The first-order valence-electron chi connectivity index (χ1n) is 3.57. The zero-order chi connectivity index (χ0) is 8.48. The second-order valence-corrected chi connectivity index (χ2v) is 3.05. The number of carbonyl (C=O) groups is 1. The summed E-state index contributed by atoms with van der Waals surface area (Å²) in [5.74, 6) is 0. The van der Waals surface area contributed by atoms with E-state index in [1.165, 1.54) is 18.9 Å². The molecule has 0 unspecified atom stereocenters. The lowest BCUT2D eigenvalue weighted by atomic mass is 10.1. The standard InChI is InChI=1S/C7H12FNO2/c1-7(8)3-4-9(5-7)6(10)11-2/h3-5H2,1-2H3/t7-/m1/s1. The topological polar surface area (TPSA) is 29.5 Å². The molecule has 0 radical (unpaired) electrons. The van der Waals surface area contributed by atoms with Crippen LogP contribution in [-0.2, 0) is 4.74 Å². The molecule has 1 atom stereocenters. The smallest absolute Gasteiger partial charge is 0.409 e. The van der Waals surface area contributed by atoms with Gasteiger partial charge in [0.05, 0.1) is 13.7 Å². The second-order valence-electron chi connectivity index (χ2n) is 3.05. The summed E-state index contributed by atoms with van der Waals surface area (Å²) in [6.45, 7) is 2.11. The molecule has 0 aromatic carbocycles. The molecule has 1 saturated heterocycles. The molecule has 1 aliphatic rings. The van der Waals surface area contributed by atoms with Crippen LogP contribution < -0.4 is 0 Å². The molecular formula is C7H12FNO2. The average molecular weight is 161 g/mol. The normalized spacial score (nSPS) is 30.6. The number of alkyl halides is 1. The number of rotatable bonds is 0. The lowest BCUT2D eigenvalue weighted by Crippen LogP contribution is -2.31. The quantitative estimate of drug-likeness (QED) is 0.534. The molecule has 0 aromatic rings. The van der Waals surface area contributed by atoms with E-state index in [0.29, 0.717) is 13.0 Å². The summed E-state index contributed by atoms with van der Waals surface area (Å²) in [6.07, 6.45) is -0.0337. The number of nitrogens with zero attached hydrogens (tertiary/aromatic N) is 1. The number of carbonyl (C=O) groups excluding carboxylic acids is 1. The summed E-state index contributed by atoms with van der Waals surface area (Å²) in [7, 11) is 1.30. The number of halogens is 1. The highest BCUT2D eigenvalue weighted by Crippen LogP contribution is 2.24. The minimum absolute atomic E-state index is 0.152. The highest BCUT2D eigenvalue weighted by atomic mass is 19.1. The molecule has 4 heteroatoms. The van der Waals surface area contributed by atoms with E-state index >= 15 is 0 Å². The zero-order valence-corrected chi connectivity index (χ0v) is 6.76. The van der Waals surface area contributed by atoms with E-state index in [-0.39, 0.29) is 6.54 Å². The van der Waals surface area contributed by atoms with Gasteiger partial charge >= 0.3 is 6.09 Å². The molecule has 0 N–H and O–H groups in total. The fraction of sp³-hybridized carbons (Fsp3) is 0.857. The molecule has 1 heterocycles. The van der Waals surface area contributed by atoms with Crippen molar-refractivity contribution in [1.82, 2.24) is 4.90 Å². The third-order valence-corrected chi connectivity index (χ3v) is 1.86. The predicted molar refractivity (Wildman–Crippen MR) is 38.1 cm³/mol. The van der Waals surface area contributed by atoms with E-state index in [1.54, 1.807) is 0 Å². The van der Waals surface area contributed by atoms with Gasteiger partial charge in [0.15, 0.2) is 0 Å². The maximum absolute atomic E-state index is 13.1. The maximum Gasteiger partial charge on any atom is 0.409 e. The molecule has 1 aliphatic heterocycles. The van der Waals surface area contributed by atoms with Gasteiger partial charge < -0.3 is 9.64 Å². The molecule has 0 aliphatic carbocycles. The minimum atomic E-state index is -1.23. The number of methoxy groups -OCH3 is 1. The van der Waals surface area contributed by atoms with Crippen LogP contribution in [0.3, 0.4) is 0 Å². The fourth-order valence-corrected chi connectivity index (χ4v) is 1.21. The summed E-state index contributed by atoms with van der Waals surface area (Å²) in [4.78, 5) is 12.2. The third-order valence-electron chi connectivity index (χ3n) is 1.86. The van der Waals surface area contributed by atoms with Gasteiger partial charge in [-0.1, -0.05) is 0 Å². The SMILES string of the molecule is COC(=O)N1CC[C@@](C)(F)C1. The molecule has 0 saturated carbocycles. The molecule has 11 heavy (non-hydrogen) atoms. The highest BCUT2D eigenvalue weighted by Gasteiger charge is 2.36. The van der Waals surface area contributed by atoms with Crippen molar-refractivity contribution in [1.29, 1.82) is 0 Å². The lowest BCUT2D eigenvalue weighted by Gasteiger charge is -2.15. The Balaban J connectivity index is 2.48. The van der Waals surface area contributed by atoms with Crippen LogP contribution >= 0.6 is 0 Å². The van der Waals surface area contributed by atoms with Crippen molar-refractivity contribution < 1.29 is 13.9 Å². The Bertz CT molecular complexity index is 170. The van der Waals surface area contributed by atoms with Gasteiger partial charge in [-0.15, -0.1) is 0 Å². The van der Waals surface area contributed by atoms with E-state index in [4.69, 9.17) is 0 Å². The van der Waals surface area contributed by atoms with E-state index in [0.717, 1.165) is 0 Å². The Morgan fingerprint density at radius 1 is 1.73 bits per heavy atom. The number of hydrogen-bond donors (Lipinski definition) is 0. The van der Waals surface area contributed by atoms with E-state index in [1.807, 2.05) is 0 Å². The van der Waals surface area contributed by atoms with Crippen LogP contribution in [0.4, 0.5) is 9.18 Å². The Morgan fingerprint density at radius 2 is 2.36 bits per heavy atom. The Morgan fingerprint density at radius 3 is 2.73 bits per heavy atom. The van der Waals surface area contributed by atoms with Crippen LogP contribution in [-0.4, -0.2) is 36.9 Å². The van der Waals surface area contributed by atoms with Crippen molar-refractivity contribution in [3.8, 4) is 0 Å². The summed E-state index contributed by atoms with van der Waals surface area (Å²) in [5.41, 5.74) is -1.23. The zero-order valence-electron chi connectivity index (χ0n) is 6.76. The maximum atomic E-state index is 13.1. The Hall–Kier alpha value is -0.800. The molecule has 0 spiro atoms. The summed E-state index contributed by atoms with van der Waals surface area (Å²) < 4.78 is 17.6. The fourth-order valence-electron chi connectivity index (χ4n) is 1.21. The molecule has 1 rings (SSSR count). The molecular weight excluding hydrogens is 149 g/mol. The van der Waals surface area contributed by atoms with Gasteiger partial charge in [-0.05, 0) is 6.92 Å². The van der Waals surface area contributed by atoms with Crippen LogP contribution in [0.2, 0.25) is 0 Å². The van der Waals surface area contributed by atoms with Crippen molar-refractivity contribution in [3.05, 3.63) is 0 Å². The Kier molecular flexibility index (Phi) is 2.02. The largest absolute Gasteiger partial charge is 0.453 e. The highest BCUT2D eigenvalue weighted by molar-refractivity contribution is 5.67. The lowest BCUT2D eigenvalue weighted by molar-refractivity contribution is 0.122. The first-order valence-corrected chi connectivity index (χ1v) is 3.57. The first kappa shape index (κ1) is 8.30. The van der Waals surface area contributed by atoms with Crippen molar-refractivity contribution in [2.75, 3.05) is 20.2 Å². The van der Waals surface area contributed by atoms with Crippen LogP contribution in [0.25, 0.3) is 0 Å². The second kappa shape index (κ2) is 2.68. The molecule has 0 aromatic heterocycles. The predicted octanol–water partition coefficient (Wildman–Crippen LogP) is 1.19. The van der Waals surface area contributed by atoms with E-state index < -0.39 is 11.8 Å². The molecule has 1 fully saturated rings. The monoisotopic (exact) mass is 161 g/mol. The van der Waals surface area contributed by atoms with Gasteiger partial charge in [0.25, 0.3) is 0 Å². The van der Waals surface area contributed by atoms with Crippen molar-refractivity contribution in [3.63, 3.8) is 0 Å². The van der Waals surface area contributed by atoms with Crippen molar-refractivity contribution >= 4 is 6.09 Å². The molecule has 1 amide bonds. The molecule has 64 valence electrons. The first-order chi connectivity index (χ1) is 5.05. The third kappa shape index (κ3) is 1.82. The van der Waals surface area contributed by atoms with Crippen molar-refractivity contribution in [2.24, 2.45) is 0 Å². The van der Waals surface area contributed by atoms with Crippen molar-refractivity contribution in [2.45, 2.75) is 19.0 Å². The van der Waals surface area contributed by atoms with Gasteiger partial charge in [0.2, 0.25) is 0 Å². The summed E-state index contributed by atoms with van der Waals surface area (Å²) in [6, 6.07) is 0. The summed E-state index contributed by atoms with van der Waals surface area (Å²) in [5, 5.41) is 0. The average Bonchev–Trinajstić information content (AvgIpc) is 2.29. The van der Waals surface area contributed by atoms with Gasteiger partial charge in [0.1, 0.15) is 5.67 Å². The van der Waals surface area contributed by atoms with Gasteiger partial charge in [0, 0.05) is 13.0 Å². The van der Waals surface area contributed by atoms with Crippen LogP contribution in [0.15, 0.2) is 0 Å². The van der Waals surface area contributed by atoms with Crippen LogP contribution in [0.1, 0.15) is 13.3 Å². The van der Waals surface area contributed by atoms with Gasteiger partial charge in [-0.25, -0.2) is 9.18 Å². The van der Waals surface area contributed by atoms with Gasteiger partial charge in [-0.3, -0.25) is 0 Å². The summed E-state index contributed by atoms with van der Waals surface area (Å²) >= 11 is 0.